The Labute approximate surface area is 197 Å². The normalized spacial score (nSPS) is 20.4. The number of anilines is 2. The maximum Gasteiger partial charge on any atom is 0.263 e. The van der Waals surface area contributed by atoms with Crippen molar-refractivity contribution >= 4 is 27.4 Å². The molecule has 1 unspecified atom stereocenters. The molecule has 1 aliphatic heterocycles. The van der Waals surface area contributed by atoms with Gasteiger partial charge in [0.1, 0.15) is 12.1 Å². The minimum Gasteiger partial charge on any atom is -0.368 e. The van der Waals surface area contributed by atoms with E-state index in [1.165, 1.54) is 24.2 Å². The van der Waals surface area contributed by atoms with Crippen molar-refractivity contribution < 1.29 is 17.5 Å². The summed E-state index contributed by atoms with van der Waals surface area (Å²) in [6.07, 6.45) is 3.70. The first-order valence-corrected chi connectivity index (χ1v) is 12.5. The van der Waals surface area contributed by atoms with E-state index in [0.717, 1.165) is 25.2 Å². The molecule has 9 heteroatoms. The van der Waals surface area contributed by atoms with Crippen molar-refractivity contribution in [3.8, 4) is 0 Å². The van der Waals surface area contributed by atoms with Gasteiger partial charge < -0.3 is 9.80 Å². The molecular formula is C24H31N5O3S. The van der Waals surface area contributed by atoms with Crippen molar-refractivity contribution in [3.63, 3.8) is 0 Å². The third-order valence-electron chi connectivity index (χ3n) is 6.26. The number of nitrogens with one attached hydrogen (secondary N) is 1. The maximum absolute atomic E-state index is 12.9. The summed E-state index contributed by atoms with van der Waals surface area (Å²) in [5.41, 5.74) is 2.19. The SMILES string of the molecule is O=C(C1C[C@H]1c1ccccc1)N1CCN(c2ccc(S(=O)(=O)Nc3ccncn3)cc2)CC1.[HH].[HH].[HH]. The van der Waals surface area contributed by atoms with Crippen LogP contribution in [0, 0.1) is 5.92 Å². The second kappa shape index (κ2) is 8.82. The molecule has 176 valence electrons. The second-order valence-electron chi connectivity index (χ2n) is 8.37. The fraction of sp³-hybridized carbons (Fsp3) is 0.292. The van der Waals surface area contributed by atoms with Crippen LogP contribution in [0.1, 0.15) is 22.2 Å². The van der Waals surface area contributed by atoms with Crippen LogP contribution in [0.4, 0.5) is 11.5 Å². The minimum atomic E-state index is -3.72. The molecule has 3 aromatic rings. The van der Waals surface area contributed by atoms with Crippen molar-refractivity contribution in [3.05, 3.63) is 78.8 Å². The molecule has 8 nitrogen and oxygen atoms in total. The minimum absolute atomic E-state index is 0. The molecule has 2 fully saturated rings. The molecule has 2 aliphatic rings. The van der Waals surface area contributed by atoms with Crippen LogP contribution in [0.2, 0.25) is 0 Å². The lowest BCUT2D eigenvalue weighted by Crippen LogP contribution is -2.49. The van der Waals surface area contributed by atoms with Gasteiger partial charge in [-0.05, 0) is 48.2 Å². The van der Waals surface area contributed by atoms with Gasteiger partial charge in [0.25, 0.3) is 10.0 Å². The van der Waals surface area contributed by atoms with E-state index in [2.05, 4.69) is 31.7 Å². The topological polar surface area (TPSA) is 95.5 Å². The van der Waals surface area contributed by atoms with Crippen LogP contribution in [0.15, 0.2) is 78.1 Å². The number of nitrogens with zero attached hydrogens (tertiary/aromatic N) is 4. The number of hydrogen-bond acceptors (Lipinski definition) is 6. The number of benzene rings is 2. The molecule has 2 atom stereocenters. The van der Waals surface area contributed by atoms with E-state index in [1.807, 2.05) is 23.1 Å². The van der Waals surface area contributed by atoms with Gasteiger partial charge in [-0.1, -0.05) is 30.3 Å². The summed E-state index contributed by atoms with van der Waals surface area (Å²) in [4.78, 5) is 24.9. The predicted octanol–water partition coefficient (Wildman–Crippen LogP) is 3.47. The molecule has 2 heterocycles. The molecular weight excluding hydrogens is 438 g/mol. The number of carbonyl (C=O) groups is 1. The van der Waals surface area contributed by atoms with E-state index >= 15 is 0 Å². The molecule has 1 aliphatic carbocycles. The van der Waals surface area contributed by atoms with Crippen molar-refractivity contribution in [1.29, 1.82) is 0 Å². The highest BCUT2D eigenvalue weighted by Crippen LogP contribution is 2.48. The third-order valence-corrected chi connectivity index (χ3v) is 7.63. The average Bonchev–Trinajstić information content (AvgIpc) is 3.66. The number of rotatable bonds is 6. The molecule has 1 amide bonds. The standard InChI is InChI=1S/C24H25N5O3S.3H2/c30-24(22-16-21(22)18-4-2-1-3-5-18)29-14-12-28(13-15-29)19-6-8-20(9-7-19)33(31,32)27-23-10-11-25-17-26-23;;;/h1-11,17,21-22H,12-16H2,(H,25,26,27);3*1H/t21-,22?;;;/m0.../s1. The Bertz CT molecular complexity index is 1230. The third kappa shape index (κ3) is 4.68. The highest BCUT2D eigenvalue weighted by molar-refractivity contribution is 7.92. The summed E-state index contributed by atoms with van der Waals surface area (Å²) in [5, 5.41) is 0. The molecule has 0 radical (unpaired) electrons. The Kier molecular flexibility index (Phi) is 5.72. The van der Waals surface area contributed by atoms with Crippen LogP contribution in [0.5, 0.6) is 0 Å². The largest absolute Gasteiger partial charge is 0.368 e. The average molecular weight is 470 g/mol. The first-order chi connectivity index (χ1) is 16.0. The monoisotopic (exact) mass is 469 g/mol. The van der Waals surface area contributed by atoms with Crippen LogP contribution in [-0.2, 0) is 14.8 Å². The molecule has 33 heavy (non-hydrogen) atoms. The van der Waals surface area contributed by atoms with Crippen molar-refractivity contribution in [2.45, 2.75) is 17.2 Å². The van der Waals surface area contributed by atoms with Gasteiger partial charge in [-0.25, -0.2) is 18.4 Å². The maximum atomic E-state index is 12.9. The summed E-state index contributed by atoms with van der Waals surface area (Å²) in [5.74, 6) is 0.925. The van der Waals surface area contributed by atoms with Crippen LogP contribution in [-0.4, -0.2) is 55.4 Å². The van der Waals surface area contributed by atoms with Gasteiger partial charge in [0, 0.05) is 48.3 Å². The van der Waals surface area contributed by atoms with E-state index in [4.69, 9.17) is 0 Å². The van der Waals surface area contributed by atoms with Crippen LogP contribution in [0.25, 0.3) is 0 Å². The number of carbonyl (C=O) groups excluding carboxylic acids is 1. The molecule has 0 bridgehead atoms. The van der Waals surface area contributed by atoms with E-state index in [-0.39, 0.29) is 26.8 Å². The zero-order valence-corrected chi connectivity index (χ0v) is 18.9. The number of amides is 1. The highest BCUT2D eigenvalue weighted by atomic mass is 32.2. The fourth-order valence-corrected chi connectivity index (χ4v) is 5.35. The fourth-order valence-electron chi connectivity index (χ4n) is 4.34. The zero-order valence-electron chi connectivity index (χ0n) is 18.0. The van der Waals surface area contributed by atoms with Gasteiger partial charge in [0.15, 0.2) is 0 Å². The summed E-state index contributed by atoms with van der Waals surface area (Å²) in [6.45, 7) is 2.79. The van der Waals surface area contributed by atoms with Crippen molar-refractivity contribution in [1.82, 2.24) is 14.9 Å². The number of hydrogen-bond donors (Lipinski definition) is 1. The molecule has 1 saturated heterocycles. The zero-order chi connectivity index (χ0) is 22.8. The van der Waals surface area contributed by atoms with Crippen molar-refractivity contribution in [2.75, 3.05) is 35.8 Å². The molecule has 0 spiro atoms. The Balaban J connectivity index is 0.00000152. The van der Waals surface area contributed by atoms with Gasteiger partial charge in [-0.15, -0.1) is 0 Å². The lowest BCUT2D eigenvalue weighted by atomic mass is 10.1. The van der Waals surface area contributed by atoms with E-state index in [9.17, 15) is 13.2 Å². The Hall–Kier alpha value is -3.46. The lowest BCUT2D eigenvalue weighted by Gasteiger charge is -2.36. The smallest absolute Gasteiger partial charge is 0.263 e. The second-order valence-corrected chi connectivity index (χ2v) is 10.0. The number of aromatic nitrogens is 2. The van der Waals surface area contributed by atoms with Crippen LogP contribution in [0.3, 0.4) is 0 Å². The van der Waals surface area contributed by atoms with Crippen LogP contribution >= 0.6 is 0 Å². The van der Waals surface area contributed by atoms with Gasteiger partial charge in [-0.3, -0.25) is 9.52 Å². The van der Waals surface area contributed by atoms with Gasteiger partial charge in [0.2, 0.25) is 5.91 Å². The summed E-state index contributed by atoms with van der Waals surface area (Å²) in [7, 11) is -3.72. The summed E-state index contributed by atoms with van der Waals surface area (Å²) in [6, 6.07) is 18.5. The number of sulfonamides is 1. The van der Waals surface area contributed by atoms with Crippen molar-refractivity contribution in [2.24, 2.45) is 5.92 Å². The summed E-state index contributed by atoms with van der Waals surface area (Å²) < 4.78 is 27.6. The van der Waals surface area contributed by atoms with Crippen LogP contribution < -0.4 is 9.62 Å². The Morgan fingerprint density at radius 3 is 2.36 bits per heavy atom. The first-order valence-electron chi connectivity index (χ1n) is 11.0. The van der Waals surface area contributed by atoms with Gasteiger partial charge in [-0.2, -0.15) is 0 Å². The van der Waals surface area contributed by atoms with Gasteiger partial charge in [0.05, 0.1) is 4.90 Å². The molecule has 2 aromatic carbocycles. The first kappa shape index (κ1) is 21.4. The van der Waals surface area contributed by atoms with E-state index in [1.54, 1.807) is 24.3 Å². The highest BCUT2D eigenvalue weighted by Gasteiger charge is 2.46. The molecule has 1 aromatic heterocycles. The lowest BCUT2D eigenvalue weighted by molar-refractivity contribution is -0.132. The van der Waals surface area contributed by atoms with Gasteiger partial charge >= 0.3 is 0 Å². The summed E-state index contributed by atoms with van der Waals surface area (Å²) >= 11 is 0. The van der Waals surface area contributed by atoms with E-state index < -0.39 is 10.0 Å². The molecule has 1 saturated carbocycles. The Morgan fingerprint density at radius 1 is 0.970 bits per heavy atom. The number of piperazine rings is 1. The van der Waals surface area contributed by atoms with E-state index in [0.29, 0.717) is 19.0 Å². The predicted molar refractivity (Wildman–Crippen MR) is 132 cm³/mol. The quantitative estimate of drug-likeness (QED) is 0.594. The Morgan fingerprint density at radius 2 is 1.70 bits per heavy atom. The molecule has 1 N–H and O–H groups in total. The molecule has 5 rings (SSSR count).